The molecular formula is C16H23N3O2. The van der Waals surface area contributed by atoms with E-state index in [1.54, 1.807) is 25.3 Å². The van der Waals surface area contributed by atoms with Crippen molar-refractivity contribution in [3.8, 4) is 0 Å². The van der Waals surface area contributed by atoms with Crippen LogP contribution in [0.25, 0.3) is 0 Å². The van der Waals surface area contributed by atoms with Crippen LogP contribution in [0.4, 0.5) is 10.5 Å². The van der Waals surface area contributed by atoms with Crippen molar-refractivity contribution < 1.29 is 9.59 Å². The zero-order chi connectivity index (χ0) is 15.8. The fraction of sp³-hybridized carbons (Fsp3) is 0.375. The topological polar surface area (TPSA) is 61.4 Å². The van der Waals surface area contributed by atoms with Crippen LogP contribution < -0.4 is 10.6 Å². The first-order valence-corrected chi connectivity index (χ1v) is 6.93. The predicted octanol–water partition coefficient (Wildman–Crippen LogP) is 2.40. The first kappa shape index (κ1) is 16.8. The Labute approximate surface area is 126 Å². The van der Waals surface area contributed by atoms with Gasteiger partial charge in [0.1, 0.15) is 0 Å². The van der Waals surface area contributed by atoms with Crippen LogP contribution in [0.2, 0.25) is 0 Å². The molecule has 0 atom stereocenters. The van der Waals surface area contributed by atoms with Crippen LogP contribution >= 0.6 is 0 Å². The van der Waals surface area contributed by atoms with E-state index in [1.165, 1.54) is 4.90 Å². The van der Waals surface area contributed by atoms with E-state index >= 15 is 0 Å². The molecule has 3 amide bonds. The maximum Gasteiger partial charge on any atom is 0.321 e. The molecule has 1 rings (SSSR count). The molecule has 0 aromatic heterocycles. The molecule has 0 aliphatic rings. The molecule has 0 fully saturated rings. The van der Waals surface area contributed by atoms with Crippen molar-refractivity contribution in [3.05, 3.63) is 42.5 Å². The summed E-state index contributed by atoms with van der Waals surface area (Å²) in [4.78, 5) is 25.0. The first-order chi connectivity index (χ1) is 9.92. The van der Waals surface area contributed by atoms with E-state index in [0.29, 0.717) is 18.7 Å². The third-order valence-corrected chi connectivity index (χ3v) is 2.77. The summed E-state index contributed by atoms with van der Waals surface area (Å²) in [7, 11) is 1.70. The van der Waals surface area contributed by atoms with Crippen LogP contribution in [-0.2, 0) is 11.2 Å². The van der Waals surface area contributed by atoms with Crippen LogP contribution in [0.1, 0.15) is 19.4 Å². The van der Waals surface area contributed by atoms with E-state index in [2.05, 4.69) is 17.2 Å². The van der Waals surface area contributed by atoms with Gasteiger partial charge in [-0.2, -0.15) is 0 Å². The number of hydrogen-bond donors (Lipinski definition) is 2. The number of benzene rings is 1. The number of amides is 3. The standard InChI is InChI=1S/C16H23N3O2/c1-5-10-19(4)16(21)18-14-8-6-13(7-9-14)11-15(20)17-12(2)3/h5-9,12H,1,10-11H2,2-4H3,(H,17,20)(H,18,21). The van der Waals surface area contributed by atoms with E-state index in [9.17, 15) is 9.59 Å². The van der Waals surface area contributed by atoms with Gasteiger partial charge in [0.25, 0.3) is 0 Å². The van der Waals surface area contributed by atoms with Gasteiger partial charge in [0.05, 0.1) is 6.42 Å². The lowest BCUT2D eigenvalue weighted by Crippen LogP contribution is -2.31. The number of anilines is 1. The lowest BCUT2D eigenvalue weighted by atomic mass is 10.1. The van der Waals surface area contributed by atoms with Gasteiger partial charge in [0.2, 0.25) is 5.91 Å². The zero-order valence-corrected chi connectivity index (χ0v) is 12.8. The number of nitrogens with one attached hydrogen (secondary N) is 2. The van der Waals surface area contributed by atoms with Gasteiger partial charge in [-0.3, -0.25) is 4.79 Å². The molecule has 5 nitrogen and oxygen atoms in total. The van der Waals surface area contributed by atoms with Crippen LogP contribution in [-0.4, -0.2) is 36.5 Å². The van der Waals surface area contributed by atoms with E-state index in [0.717, 1.165) is 5.56 Å². The Morgan fingerprint density at radius 3 is 2.43 bits per heavy atom. The molecular weight excluding hydrogens is 266 g/mol. The first-order valence-electron chi connectivity index (χ1n) is 6.93. The minimum Gasteiger partial charge on any atom is -0.354 e. The summed E-state index contributed by atoms with van der Waals surface area (Å²) in [6, 6.07) is 7.19. The second-order valence-corrected chi connectivity index (χ2v) is 5.20. The van der Waals surface area contributed by atoms with Crippen molar-refractivity contribution >= 4 is 17.6 Å². The van der Waals surface area contributed by atoms with Crippen molar-refractivity contribution in [3.63, 3.8) is 0 Å². The quantitative estimate of drug-likeness (QED) is 0.790. The van der Waals surface area contributed by atoms with E-state index in [4.69, 9.17) is 0 Å². The van der Waals surface area contributed by atoms with Gasteiger partial charge >= 0.3 is 6.03 Å². The van der Waals surface area contributed by atoms with Crippen molar-refractivity contribution in [2.45, 2.75) is 26.3 Å². The van der Waals surface area contributed by atoms with Crippen LogP contribution in [0.5, 0.6) is 0 Å². The highest BCUT2D eigenvalue weighted by Gasteiger charge is 2.08. The third-order valence-electron chi connectivity index (χ3n) is 2.77. The largest absolute Gasteiger partial charge is 0.354 e. The number of carbonyl (C=O) groups is 2. The number of urea groups is 1. The van der Waals surface area contributed by atoms with Gasteiger partial charge in [-0.25, -0.2) is 4.79 Å². The number of likely N-dealkylation sites (N-methyl/N-ethyl adjacent to an activating group) is 1. The molecule has 114 valence electrons. The van der Waals surface area contributed by atoms with Gasteiger partial charge < -0.3 is 15.5 Å². The summed E-state index contributed by atoms with van der Waals surface area (Å²) >= 11 is 0. The lowest BCUT2D eigenvalue weighted by molar-refractivity contribution is -0.120. The highest BCUT2D eigenvalue weighted by molar-refractivity contribution is 5.89. The normalized spacial score (nSPS) is 10.1. The van der Waals surface area contributed by atoms with Crippen molar-refractivity contribution in [1.82, 2.24) is 10.2 Å². The Bertz CT molecular complexity index is 495. The monoisotopic (exact) mass is 289 g/mol. The SMILES string of the molecule is C=CCN(C)C(=O)Nc1ccc(CC(=O)NC(C)C)cc1. The summed E-state index contributed by atoms with van der Waals surface area (Å²) in [5, 5.41) is 5.62. The molecule has 0 radical (unpaired) electrons. The van der Waals surface area contributed by atoms with Gasteiger partial charge in [-0.1, -0.05) is 18.2 Å². The van der Waals surface area contributed by atoms with Gasteiger partial charge in [0, 0.05) is 25.3 Å². The predicted molar refractivity (Wildman–Crippen MR) is 85.3 cm³/mol. The van der Waals surface area contributed by atoms with E-state index in [-0.39, 0.29) is 18.0 Å². The summed E-state index contributed by atoms with van der Waals surface area (Å²) in [6.45, 7) is 7.93. The zero-order valence-electron chi connectivity index (χ0n) is 12.8. The number of rotatable bonds is 6. The second-order valence-electron chi connectivity index (χ2n) is 5.20. The van der Waals surface area contributed by atoms with Crippen molar-refractivity contribution in [2.75, 3.05) is 18.9 Å². The maximum atomic E-state index is 11.8. The molecule has 0 heterocycles. The minimum absolute atomic E-state index is 0.00694. The molecule has 1 aromatic rings. The number of hydrogen-bond acceptors (Lipinski definition) is 2. The molecule has 1 aromatic carbocycles. The van der Waals surface area contributed by atoms with Crippen molar-refractivity contribution in [2.24, 2.45) is 0 Å². The second kappa shape index (κ2) is 8.09. The van der Waals surface area contributed by atoms with E-state index < -0.39 is 0 Å². The molecule has 0 bridgehead atoms. The average Bonchev–Trinajstić information content (AvgIpc) is 2.40. The molecule has 0 saturated heterocycles. The Morgan fingerprint density at radius 2 is 1.90 bits per heavy atom. The average molecular weight is 289 g/mol. The Morgan fingerprint density at radius 1 is 1.29 bits per heavy atom. The molecule has 0 unspecified atom stereocenters. The smallest absolute Gasteiger partial charge is 0.321 e. The Kier molecular flexibility index (Phi) is 6.46. The summed E-state index contributed by atoms with van der Waals surface area (Å²) < 4.78 is 0. The molecule has 21 heavy (non-hydrogen) atoms. The maximum absolute atomic E-state index is 11.8. The van der Waals surface area contributed by atoms with Crippen molar-refractivity contribution in [1.29, 1.82) is 0 Å². The van der Waals surface area contributed by atoms with Crippen LogP contribution in [0.15, 0.2) is 36.9 Å². The molecule has 0 aliphatic heterocycles. The number of carbonyl (C=O) groups excluding carboxylic acids is 2. The summed E-state index contributed by atoms with van der Waals surface area (Å²) in [6.07, 6.45) is 2.00. The van der Waals surface area contributed by atoms with Gasteiger partial charge in [-0.15, -0.1) is 6.58 Å². The van der Waals surface area contributed by atoms with Gasteiger partial charge in [-0.05, 0) is 31.5 Å². The molecule has 5 heteroatoms. The Balaban J connectivity index is 2.56. The van der Waals surface area contributed by atoms with Crippen LogP contribution in [0.3, 0.4) is 0 Å². The van der Waals surface area contributed by atoms with Gasteiger partial charge in [0.15, 0.2) is 0 Å². The molecule has 2 N–H and O–H groups in total. The van der Waals surface area contributed by atoms with E-state index in [1.807, 2.05) is 26.0 Å². The number of nitrogens with zero attached hydrogens (tertiary/aromatic N) is 1. The third kappa shape index (κ3) is 6.12. The lowest BCUT2D eigenvalue weighted by Gasteiger charge is -2.16. The van der Waals surface area contributed by atoms with Crippen LogP contribution in [0, 0.1) is 0 Å². The highest BCUT2D eigenvalue weighted by atomic mass is 16.2. The molecule has 0 spiro atoms. The fourth-order valence-electron chi connectivity index (χ4n) is 1.76. The Hall–Kier alpha value is -2.30. The highest BCUT2D eigenvalue weighted by Crippen LogP contribution is 2.11. The fourth-order valence-corrected chi connectivity index (χ4v) is 1.76. The minimum atomic E-state index is -0.194. The molecule has 0 saturated carbocycles. The summed E-state index contributed by atoms with van der Waals surface area (Å²) in [5.74, 6) is -0.00694. The summed E-state index contributed by atoms with van der Waals surface area (Å²) in [5.41, 5.74) is 1.61. The molecule has 0 aliphatic carbocycles.